The van der Waals surface area contributed by atoms with Crippen molar-refractivity contribution >= 4 is 34.8 Å². The van der Waals surface area contributed by atoms with Crippen molar-refractivity contribution in [2.45, 2.75) is 18.4 Å². The van der Waals surface area contributed by atoms with Crippen LogP contribution in [0.1, 0.15) is 23.2 Å². The van der Waals surface area contributed by atoms with E-state index in [1.54, 1.807) is 15.9 Å². The third-order valence-electron chi connectivity index (χ3n) is 6.42. The Morgan fingerprint density at radius 2 is 1.65 bits per heavy atom. The van der Waals surface area contributed by atoms with E-state index in [0.29, 0.717) is 49.6 Å². The van der Waals surface area contributed by atoms with Gasteiger partial charge < -0.3 is 25.1 Å². The summed E-state index contributed by atoms with van der Waals surface area (Å²) in [4.78, 5) is 30.8. The van der Waals surface area contributed by atoms with Crippen LogP contribution in [-0.4, -0.2) is 72.2 Å². The molecule has 2 aromatic carbocycles. The molecule has 0 spiro atoms. The van der Waals surface area contributed by atoms with Crippen molar-refractivity contribution in [1.82, 2.24) is 9.80 Å². The van der Waals surface area contributed by atoms with Crippen molar-refractivity contribution in [2.75, 3.05) is 50.1 Å². The number of nitrogens with zero attached hydrogens (tertiary/aromatic N) is 3. The minimum Gasteiger partial charge on any atom is -0.380 e. The molecule has 8 heteroatoms. The maximum absolute atomic E-state index is 13.0. The number of aliphatic hydroxyl groups is 1. The van der Waals surface area contributed by atoms with Crippen molar-refractivity contribution in [3.8, 4) is 11.1 Å². The lowest BCUT2D eigenvalue weighted by Crippen LogP contribution is -2.53. The lowest BCUT2D eigenvalue weighted by molar-refractivity contribution is -0.143. The monoisotopic (exact) mass is 440 g/mol. The molecule has 0 unspecified atom stereocenters. The average molecular weight is 441 g/mol. The molecule has 1 aliphatic carbocycles. The van der Waals surface area contributed by atoms with Gasteiger partial charge in [-0.15, -0.1) is 0 Å². The van der Waals surface area contributed by atoms with Crippen LogP contribution in [0.2, 0.25) is 5.02 Å². The molecule has 2 amide bonds. The van der Waals surface area contributed by atoms with Gasteiger partial charge in [0.2, 0.25) is 0 Å². The number of hydrogen-bond acceptors (Lipinski definition) is 5. The van der Waals surface area contributed by atoms with Crippen LogP contribution in [0.3, 0.4) is 0 Å². The zero-order chi connectivity index (χ0) is 21.8. The van der Waals surface area contributed by atoms with E-state index >= 15 is 0 Å². The van der Waals surface area contributed by atoms with Crippen LogP contribution in [0.5, 0.6) is 0 Å². The van der Waals surface area contributed by atoms with E-state index in [1.165, 1.54) is 0 Å². The molecular weight excluding hydrogens is 416 g/mol. The number of halogens is 1. The molecular formula is C23H25ClN4O3. The number of piperazine rings is 1. The Kier molecular flexibility index (Phi) is 4.83. The third-order valence-corrected chi connectivity index (χ3v) is 6.74. The van der Waals surface area contributed by atoms with E-state index in [9.17, 15) is 14.7 Å². The molecule has 31 heavy (non-hydrogen) atoms. The first-order valence-corrected chi connectivity index (χ1v) is 10.9. The molecule has 0 bridgehead atoms. The molecule has 3 aliphatic rings. The molecule has 2 N–H and O–H groups in total. The molecule has 2 aromatic rings. The highest BCUT2D eigenvalue weighted by Gasteiger charge is 2.50. The van der Waals surface area contributed by atoms with Crippen LogP contribution in [0.15, 0.2) is 36.4 Å². The van der Waals surface area contributed by atoms with Crippen molar-refractivity contribution in [3.63, 3.8) is 0 Å². The molecule has 1 saturated carbocycles. The Labute approximate surface area is 186 Å². The van der Waals surface area contributed by atoms with Crippen LogP contribution >= 0.6 is 11.6 Å². The molecule has 2 heterocycles. The van der Waals surface area contributed by atoms with Gasteiger partial charge in [0.25, 0.3) is 11.8 Å². The van der Waals surface area contributed by atoms with E-state index in [0.717, 1.165) is 29.2 Å². The number of rotatable bonds is 3. The Morgan fingerprint density at radius 3 is 2.32 bits per heavy atom. The molecule has 0 radical (unpaired) electrons. The molecule has 1 saturated heterocycles. The molecule has 0 atom stereocenters. The fourth-order valence-electron chi connectivity index (χ4n) is 4.26. The number of carbonyl (C=O) groups is 2. The van der Waals surface area contributed by atoms with Crippen molar-refractivity contribution in [2.24, 2.45) is 0 Å². The van der Waals surface area contributed by atoms with E-state index in [2.05, 4.69) is 28.4 Å². The summed E-state index contributed by atoms with van der Waals surface area (Å²) in [6.45, 7) is 2.51. The number of hydrogen-bond donors (Lipinski definition) is 2. The number of carbonyl (C=O) groups excluding carboxylic acids is 2. The standard InChI is InChI=1S/C23H25ClN4O3/c1-26-14-25-19-13-16(3-5-20(19)26)15-2-4-17(18(24)12-15)21(29)27-8-10-28(11-9-27)22(30)23(31)6-7-23/h2-5,12-13,25,31H,6-11,14H2,1H3. The number of benzene rings is 2. The second-order valence-electron chi connectivity index (χ2n) is 8.58. The molecule has 5 rings (SSSR count). The van der Waals surface area contributed by atoms with E-state index in [-0.39, 0.29) is 11.8 Å². The van der Waals surface area contributed by atoms with E-state index in [4.69, 9.17) is 11.6 Å². The number of anilines is 2. The van der Waals surface area contributed by atoms with E-state index < -0.39 is 5.60 Å². The SMILES string of the molecule is CN1CNc2cc(-c3ccc(C(=O)N4CCN(C(=O)C5(O)CC5)CC4)c(Cl)c3)ccc21. The minimum absolute atomic E-state index is 0.133. The normalized spacial score (nSPS) is 19.1. The summed E-state index contributed by atoms with van der Waals surface area (Å²) in [5.41, 5.74) is 3.53. The van der Waals surface area contributed by atoms with Crippen LogP contribution in [0.4, 0.5) is 11.4 Å². The van der Waals surface area contributed by atoms with Gasteiger partial charge in [-0.25, -0.2) is 0 Å². The molecule has 2 fully saturated rings. The summed E-state index contributed by atoms with van der Waals surface area (Å²) in [6, 6.07) is 11.8. The summed E-state index contributed by atoms with van der Waals surface area (Å²) in [7, 11) is 2.04. The molecule has 7 nitrogen and oxygen atoms in total. The second kappa shape index (κ2) is 7.43. The average Bonchev–Trinajstić information content (AvgIpc) is 3.44. The summed E-state index contributed by atoms with van der Waals surface area (Å²) in [5, 5.41) is 13.8. The first-order valence-electron chi connectivity index (χ1n) is 10.6. The number of amides is 2. The van der Waals surface area contributed by atoms with Gasteiger partial charge in [0.1, 0.15) is 5.60 Å². The van der Waals surface area contributed by atoms with Crippen molar-refractivity contribution in [1.29, 1.82) is 0 Å². The second-order valence-corrected chi connectivity index (χ2v) is 8.98. The van der Waals surface area contributed by atoms with Gasteiger partial charge >= 0.3 is 0 Å². The quantitative estimate of drug-likeness (QED) is 0.767. The van der Waals surface area contributed by atoms with Crippen LogP contribution < -0.4 is 10.2 Å². The van der Waals surface area contributed by atoms with Crippen LogP contribution in [0, 0.1) is 0 Å². The summed E-state index contributed by atoms with van der Waals surface area (Å²) >= 11 is 6.51. The molecule has 0 aromatic heterocycles. The first-order chi connectivity index (χ1) is 14.9. The largest absolute Gasteiger partial charge is 0.380 e. The van der Waals surface area contributed by atoms with Gasteiger partial charge in [-0.1, -0.05) is 23.7 Å². The minimum atomic E-state index is -1.16. The highest BCUT2D eigenvalue weighted by molar-refractivity contribution is 6.34. The maximum atomic E-state index is 13.0. The Hall–Kier alpha value is -2.77. The number of fused-ring (bicyclic) bond motifs is 1. The van der Waals surface area contributed by atoms with E-state index in [1.807, 2.05) is 19.2 Å². The van der Waals surface area contributed by atoms with Gasteiger partial charge in [-0.05, 0) is 48.2 Å². The lowest BCUT2D eigenvalue weighted by Gasteiger charge is -2.36. The topological polar surface area (TPSA) is 76.1 Å². The van der Waals surface area contributed by atoms with Gasteiger partial charge in [-0.2, -0.15) is 0 Å². The fourth-order valence-corrected chi connectivity index (χ4v) is 4.52. The summed E-state index contributed by atoms with van der Waals surface area (Å²) < 4.78 is 0. The predicted octanol–water partition coefficient (Wildman–Crippen LogP) is 2.64. The maximum Gasteiger partial charge on any atom is 0.255 e. The lowest BCUT2D eigenvalue weighted by atomic mass is 10.0. The van der Waals surface area contributed by atoms with Crippen molar-refractivity contribution < 1.29 is 14.7 Å². The predicted molar refractivity (Wildman–Crippen MR) is 120 cm³/mol. The molecule has 2 aliphatic heterocycles. The third kappa shape index (κ3) is 3.62. The first kappa shape index (κ1) is 20.2. The zero-order valence-electron chi connectivity index (χ0n) is 17.4. The number of nitrogens with one attached hydrogen (secondary N) is 1. The Morgan fingerprint density at radius 1 is 1.00 bits per heavy atom. The van der Waals surface area contributed by atoms with Gasteiger partial charge in [0.05, 0.1) is 28.6 Å². The highest BCUT2D eigenvalue weighted by atomic mass is 35.5. The van der Waals surface area contributed by atoms with Gasteiger partial charge in [0, 0.05) is 33.2 Å². The van der Waals surface area contributed by atoms with Crippen molar-refractivity contribution in [3.05, 3.63) is 47.0 Å². The summed E-state index contributed by atoms with van der Waals surface area (Å²) in [6.07, 6.45) is 1.06. The zero-order valence-corrected chi connectivity index (χ0v) is 18.2. The fraction of sp³-hybridized carbons (Fsp3) is 0.391. The van der Waals surface area contributed by atoms with Crippen LogP contribution in [0.25, 0.3) is 11.1 Å². The van der Waals surface area contributed by atoms with Gasteiger partial charge in [-0.3, -0.25) is 9.59 Å². The Bertz CT molecular complexity index is 1060. The van der Waals surface area contributed by atoms with Crippen LogP contribution in [-0.2, 0) is 4.79 Å². The van der Waals surface area contributed by atoms with Gasteiger partial charge in [0.15, 0.2) is 0 Å². The highest BCUT2D eigenvalue weighted by Crippen LogP contribution is 2.37. The smallest absolute Gasteiger partial charge is 0.255 e. The Balaban J connectivity index is 1.28. The summed E-state index contributed by atoms with van der Waals surface area (Å²) in [5.74, 6) is -0.344. The molecule has 162 valence electrons.